The summed E-state index contributed by atoms with van der Waals surface area (Å²) in [6.07, 6.45) is 0. The van der Waals surface area contributed by atoms with Gasteiger partial charge in [0.1, 0.15) is 0 Å². The number of hydrogen-bond acceptors (Lipinski definition) is 5. The zero-order valence-corrected chi connectivity index (χ0v) is 21.0. The number of piperazine rings is 1. The van der Waals surface area contributed by atoms with E-state index < -0.39 is 0 Å². The molecule has 0 bridgehead atoms. The summed E-state index contributed by atoms with van der Waals surface area (Å²) < 4.78 is 0. The molecule has 0 aliphatic carbocycles. The molecule has 1 aliphatic heterocycles. The molecule has 0 atom stereocenters. The van der Waals surface area contributed by atoms with Crippen LogP contribution in [0.4, 0.5) is 5.69 Å². The first-order chi connectivity index (χ1) is 15.0. The predicted molar refractivity (Wildman–Crippen MR) is 139 cm³/mol. The predicted octanol–water partition coefficient (Wildman–Crippen LogP) is 3.57. The van der Waals surface area contributed by atoms with Gasteiger partial charge in [-0.15, -0.1) is 0 Å². The van der Waals surface area contributed by atoms with Crippen LogP contribution in [-0.2, 0) is 6.54 Å². The smallest absolute Gasteiger partial charge is 0.0369 e. The second-order valence-electron chi connectivity index (χ2n) is 7.48. The van der Waals surface area contributed by atoms with Crippen molar-refractivity contribution in [3.05, 3.63) is 65.2 Å². The van der Waals surface area contributed by atoms with Crippen molar-refractivity contribution in [3.63, 3.8) is 0 Å². The summed E-state index contributed by atoms with van der Waals surface area (Å²) in [4.78, 5) is 2.45. The highest BCUT2D eigenvalue weighted by Gasteiger charge is 2.10. The third kappa shape index (κ3) is 14.7. The maximum absolute atomic E-state index is 3.37. The standard InChI is InChI=1S/C12H18N2.C9H13N.C3H9N.C2H7N/c1-10-3-4-12(9-11(10)2)14-7-5-13-6-8-14;1-2-10-8-9-6-4-3-5-7-9;1-3-4-2;1-3-2/h3-4,9,13H,5-8H2,1-2H3;3-7,10H,2,8H2,1H3;4H,3H2,1-2H3;3H,1-2H3. The molecule has 2 aromatic carbocycles. The van der Waals surface area contributed by atoms with Gasteiger partial charge in [0, 0.05) is 38.4 Å². The van der Waals surface area contributed by atoms with E-state index in [1.165, 1.54) is 22.4 Å². The van der Waals surface area contributed by atoms with Crippen LogP contribution in [0.15, 0.2) is 48.5 Å². The summed E-state index contributed by atoms with van der Waals surface area (Å²) >= 11 is 0. The average molecular weight is 430 g/mol. The van der Waals surface area contributed by atoms with Crippen LogP contribution in [0.1, 0.15) is 30.5 Å². The van der Waals surface area contributed by atoms with E-state index in [1.807, 2.05) is 27.2 Å². The van der Waals surface area contributed by atoms with Crippen LogP contribution in [-0.4, -0.2) is 60.4 Å². The Morgan fingerprint density at radius 3 is 1.90 bits per heavy atom. The molecule has 0 saturated carbocycles. The van der Waals surface area contributed by atoms with Gasteiger partial charge in [-0.25, -0.2) is 0 Å². The minimum atomic E-state index is 0.983. The SMILES string of the molecule is CCNC.CCNCc1ccccc1.CNC.Cc1ccc(N2CCNCC2)cc1C. The number of anilines is 1. The first kappa shape index (κ1) is 29.1. The molecule has 4 N–H and O–H groups in total. The number of rotatable bonds is 5. The highest BCUT2D eigenvalue weighted by atomic mass is 15.2. The third-order valence-electron chi connectivity index (χ3n) is 4.75. The Kier molecular flexibility index (Phi) is 18.8. The fourth-order valence-corrected chi connectivity index (χ4v) is 2.71. The molecule has 3 rings (SSSR count). The van der Waals surface area contributed by atoms with Crippen LogP contribution in [0.3, 0.4) is 0 Å². The molecule has 5 heteroatoms. The Bertz CT molecular complexity index is 638. The fourth-order valence-electron chi connectivity index (χ4n) is 2.71. The van der Waals surface area contributed by atoms with E-state index in [-0.39, 0.29) is 0 Å². The van der Waals surface area contributed by atoms with Crippen molar-refractivity contribution in [2.24, 2.45) is 0 Å². The van der Waals surface area contributed by atoms with Crippen molar-refractivity contribution < 1.29 is 0 Å². The zero-order chi connectivity index (χ0) is 23.3. The highest BCUT2D eigenvalue weighted by molar-refractivity contribution is 5.50. The molecule has 31 heavy (non-hydrogen) atoms. The van der Waals surface area contributed by atoms with Crippen LogP contribution in [0.5, 0.6) is 0 Å². The Morgan fingerprint density at radius 2 is 1.42 bits per heavy atom. The van der Waals surface area contributed by atoms with Crippen molar-refractivity contribution >= 4 is 5.69 Å². The number of aryl methyl sites for hydroxylation is 2. The summed E-state index contributed by atoms with van der Waals surface area (Å²) in [6, 6.07) is 17.2. The number of hydrogen-bond donors (Lipinski definition) is 4. The third-order valence-corrected chi connectivity index (χ3v) is 4.75. The molecule has 1 heterocycles. The molecular weight excluding hydrogens is 382 g/mol. The Balaban J connectivity index is 0.000000462. The molecule has 2 aromatic rings. The lowest BCUT2D eigenvalue weighted by Gasteiger charge is -2.29. The van der Waals surface area contributed by atoms with Crippen molar-refractivity contribution in [1.29, 1.82) is 0 Å². The minimum Gasteiger partial charge on any atom is -0.369 e. The lowest BCUT2D eigenvalue weighted by Crippen LogP contribution is -2.43. The monoisotopic (exact) mass is 429 g/mol. The molecule has 1 saturated heterocycles. The van der Waals surface area contributed by atoms with E-state index >= 15 is 0 Å². The maximum atomic E-state index is 3.37. The van der Waals surface area contributed by atoms with E-state index in [1.54, 1.807) is 0 Å². The number of nitrogens with one attached hydrogen (secondary N) is 4. The van der Waals surface area contributed by atoms with Gasteiger partial charge in [0.2, 0.25) is 0 Å². The van der Waals surface area contributed by atoms with Gasteiger partial charge in [-0.2, -0.15) is 0 Å². The lowest BCUT2D eigenvalue weighted by atomic mass is 10.1. The van der Waals surface area contributed by atoms with Crippen LogP contribution in [0, 0.1) is 13.8 Å². The fraction of sp³-hybridized carbons (Fsp3) is 0.538. The largest absolute Gasteiger partial charge is 0.369 e. The molecule has 1 fully saturated rings. The second kappa shape index (κ2) is 20.0. The van der Waals surface area contributed by atoms with E-state index in [9.17, 15) is 0 Å². The van der Waals surface area contributed by atoms with Gasteiger partial charge >= 0.3 is 0 Å². The molecule has 0 amide bonds. The minimum absolute atomic E-state index is 0.983. The number of benzene rings is 2. The number of nitrogens with zero attached hydrogens (tertiary/aromatic N) is 1. The molecule has 0 spiro atoms. The van der Waals surface area contributed by atoms with Crippen molar-refractivity contribution in [2.75, 3.05) is 65.3 Å². The Labute approximate surface area is 192 Å². The first-order valence-electron chi connectivity index (χ1n) is 11.5. The molecule has 5 nitrogen and oxygen atoms in total. The first-order valence-corrected chi connectivity index (χ1v) is 11.5. The van der Waals surface area contributed by atoms with Gasteiger partial charge in [0.25, 0.3) is 0 Å². The van der Waals surface area contributed by atoms with Gasteiger partial charge in [-0.05, 0) is 76.9 Å². The summed E-state index contributed by atoms with van der Waals surface area (Å²) in [7, 11) is 5.68. The van der Waals surface area contributed by atoms with Crippen LogP contribution < -0.4 is 26.2 Å². The Morgan fingerprint density at radius 1 is 0.839 bits per heavy atom. The maximum Gasteiger partial charge on any atom is 0.0369 e. The van der Waals surface area contributed by atoms with E-state index in [4.69, 9.17) is 0 Å². The Hall–Kier alpha value is -1.92. The van der Waals surface area contributed by atoms with Crippen LogP contribution in [0.2, 0.25) is 0 Å². The molecule has 0 aromatic heterocycles. The molecule has 0 radical (unpaired) electrons. The van der Waals surface area contributed by atoms with Crippen LogP contribution >= 0.6 is 0 Å². The van der Waals surface area contributed by atoms with Gasteiger partial charge in [-0.3, -0.25) is 0 Å². The lowest BCUT2D eigenvalue weighted by molar-refractivity contribution is 0.589. The van der Waals surface area contributed by atoms with E-state index in [2.05, 4.69) is 96.3 Å². The van der Waals surface area contributed by atoms with Gasteiger partial charge in [0.05, 0.1) is 0 Å². The second-order valence-corrected chi connectivity index (χ2v) is 7.48. The van der Waals surface area contributed by atoms with Crippen molar-refractivity contribution in [2.45, 2.75) is 34.2 Å². The van der Waals surface area contributed by atoms with Crippen LogP contribution in [0.25, 0.3) is 0 Å². The zero-order valence-electron chi connectivity index (χ0n) is 21.0. The van der Waals surface area contributed by atoms with Crippen molar-refractivity contribution in [1.82, 2.24) is 21.3 Å². The molecule has 0 unspecified atom stereocenters. The van der Waals surface area contributed by atoms with Gasteiger partial charge in [-0.1, -0.05) is 50.2 Å². The topological polar surface area (TPSA) is 51.4 Å². The summed E-state index contributed by atoms with van der Waals surface area (Å²) in [5.74, 6) is 0. The summed E-state index contributed by atoms with van der Waals surface area (Å²) in [5.41, 5.74) is 5.49. The van der Waals surface area contributed by atoms with Gasteiger partial charge < -0.3 is 26.2 Å². The van der Waals surface area contributed by atoms with Gasteiger partial charge in [0.15, 0.2) is 0 Å². The molecular formula is C26H47N5. The quantitative estimate of drug-likeness (QED) is 0.585. The van der Waals surface area contributed by atoms with E-state index in [0.717, 1.165) is 45.8 Å². The highest BCUT2D eigenvalue weighted by Crippen LogP contribution is 2.18. The molecule has 1 aliphatic rings. The summed E-state index contributed by atoms with van der Waals surface area (Å²) in [5, 5.41) is 12.3. The average Bonchev–Trinajstić information content (AvgIpc) is 2.82. The van der Waals surface area contributed by atoms with Crippen molar-refractivity contribution in [3.8, 4) is 0 Å². The summed E-state index contributed by atoms with van der Waals surface area (Å²) in [6.45, 7) is 16.1. The molecule has 176 valence electrons. The normalized spacial score (nSPS) is 12.4. The van der Waals surface area contributed by atoms with E-state index in [0.29, 0.717) is 0 Å².